The van der Waals surface area contributed by atoms with Crippen molar-refractivity contribution >= 4 is 23.9 Å². The molecule has 3 amide bonds. The number of ether oxygens (including phenoxy) is 3. The first-order valence-electron chi connectivity index (χ1n) is 15.2. The number of carbonyl (C=O) groups excluding carboxylic acids is 3. The molecule has 0 spiro atoms. The minimum absolute atomic E-state index is 0.102. The van der Waals surface area contributed by atoms with Crippen LogP contribution < -0.4 is 25.8 Å². The SMILES string of the molecule is C=CNC(=O)C(CCC)N1Cc2cc(CNc3ccc(OCc4ccc(CC)cc4OC4COC4)cc3)ccc2C1=O.NC=O. The molecule has 10 nitrogen and oxygen atoms in total. The Labute approximate surface area is 264 Å². The van der Waals surface area contributed by atoms with Crippen molar-refractivity contribution in [2.45, 2.75) is 65.0 Å². The number of hydrogen-bond donors (Lipinski definition) is 3. The van der Waals surface area contributed by atoms with Crippen molar-refractivity contribution < 1.29 is 28.6 Å². The molecule has 10 heteroatoms. The van der Waals surface area contributed by atoms with E-state index in [1.54, 1.807) is 4.90 Å². The number of nitrogens with two attached hydrogens (primary N) is 1. The van der Waals surface area contributed by atoms with Crippen LogP contribution >= 0.6 is 0 Å². The van der Waals surface area contributed by atoms with Crippen molar-refractivity contribution in [2.24, 2.45) is 5.73 Å². The third kappa shape index (κ3) is 8.63. The van der Waals surface area contributed by atoms with E-state index in [2.05, 4.69) is 48.1 Å². The van der Waals surface area contributed by atoms with Crippen LogP contribution in [0.1, 0.15) is 59.3 Å². The molecule has 2 aliphatic heterocycles. The van der Waals surface area contributed by atoms with E-state index in [0.717, 1.165) is 46.7 Å². The minimum Gasteiger partial charge on any atom is -0.489 e. The lowest BCUT2D eigenvalue weighted by atomic mass is 10.1. The summed E-state index contributed by atoms with van der Waals surface area (Å²) in [5, 5.41) is 6.09. The highest BCUT2D eigenvalue weighted by molar-refractivity contribution is 6.01. The Hall–Kier alpha value is -4.83. The van der Waals surface area contributed by atoms with E-state index < -0.39 is 6.04 Å². The number of fused-ring (bicyclic) bond motifs is 1. The topological polar surface area (TPSA) is 132 Å². The average molecular weight is 615 g/mol. The van der Waals surface area contributed by atoms with Gasteiger partial charge in [0.2, 0.25) is 12.3 Å². The fraction of sp³-hybridized carbons (Fsp3) is 0.343. The van der Waals surface area contributed by atoms with Crippen molar-refractivity contribution in [3.05, 3.63) is 101 Å². The molecule has 3 aromatic carbocycles. The summed E-state index contributed by atoms with van der Waals surface area (Å²) in [6, 6.07) is 19.5. The lowest BCUT2D eigenvalue weighted by molar-refractivity contribution is -0.125. The number of hydrogen-bond acceptors (Lipinski definition) is 7. The number of nitrogens with zero attached hydrogens (tertiary/aromatic N) is 1. The highest BCUT2D eigenvalue weighted by Gasteiger charge is 2.35. The zero-order chi connectivity index (χ0) is 32.2. The van der Waals surface area contributed by atoms with Gasteiger partial charge in [-0.2, -0.15) is 0 Å². The maximum absolute atomic E-state index is 13.1. The molecule has 1 fully saturated rings. The number of aryl methyl sites for hydroxylation is 1. The van der Waals surface area contributed by atoms with Gasteiger partial charge in [0, 0.05) is 29.9 Å². The molecule has 238 valence electrons. The molecule has 4 N–H and O–H groups in total. The highest BCUT2D eigenvalue weighted by atomic mass is 16.6. The van der Waals surface area contributed by atoms with Crippen LogP contribution in [0.3, 0.4) is 0 Å². The standard InChI is InChI=1S/C34H39N3O5.CH3NO/c1-4-7-31(33(38)35-6-3)37-19-26-16-24(9-15-30(26)34(37)39)18-36-27-11-13-28(14-12-27)41-20-25-10-8-23(5-2)17-32(25)42-29-21-40-22-29;2-1-3/h6,8-17,29,31,36H,3-5,7,18-22H2,1-2H3,(H,35,38);1H,(H2,2,3). The van der Waals surface area contributed by atoms with Gasteiger partial charge in [0.1, 0.15) is 30.3 Å². The quantitative estimate of drug-likeness (QED) is 0.224. The lowest BCUT2D eigenvalue weighted by Gasteiger charge is -2.28. The predicted octanol–water partition coefficient (Wildman–Crippen LogP) is 4.70. The first-order valence-corrected chi connectivity index (χ1v) is 15.2. The van der Waals surface area contributed by atoms with E-state index >= 15 is 0 Å². The van der Waals surface area contributed by atoms with Crippen LogP contribution in [-0.2, 0) is 40.4 Å². The molecule has 1 saturated heterocycles. The van der Waals surface area contributed by atoms with E-state index in [9.17, 15) is 9.59 Å². The predicted molar refractivity (Wildman–Crippen MR) is 173 cm³/mol. The fourth-order valence-electron chi connectivity index (χ4n) is 5.20. The molecule has 0 bridgehead atoms. The Morgan fingerprint density at radius 3 is 2.49 bits per heavy atom. The number of amides is 3. The Kier molecular flexibility index (Phi) is 12.0. The first-order chi connectivity index (χ1) is 21.9. The number of nitrogens with one attached hydrogen (secondary N) is 2. The van der Waals surface area contributed by atoms with Crippen LogP contribution in [0.25, 0.3) is 0 Å². The van der Waals surface area contributed by atoms with Crippen molar-refractivity contribution in [3.63, 3.8) is 0 Å². The third-order valence-corrected chi connectivity index (χ3v) is 7.67. The number of rotatable bonds is 14. The summed E-state index contributed by atoms with van der Waals surface area (Å²) >= 11 is 0. The highest BCUT2D eigenvalue weighted by Crippen LogP contribution is 2.29. The molecule has 2 aliphatic rings. The average Bonchev–Trinajstić information content (AvgIpc) is 3.35. The summed E-state index contributed by atoms with van der Waals surface area (Å²) < 4.78 is 17.5. The summed E-state index contributed by atoms with van der Waals surface area (Å²) in [6.45, 7) is 10.4. The van der Waals surface area contributed by atoms with Crippen molar-refractivity contribution in [2.75, 3.05) is 18.5 Å². The third-order valence-electron chi connectivity index (χ3n) is 7.67. The normalized spacial score (nSPS) is 14.3. The van der Waals surface area contributed by atoms with Crippen LogP contribution in [0.4, 0.5) is 5.69 Å². The second-order valence-corrected chi connectivity index (χ2v) is 10.8. The van der Waals surface area contributed by atoms with Crippen LogP contribution in [0.15, 0.2) is 73.4 Å². The molecule has 45 heavy (non-hydrogen) atoms. The Balaban J connectivity index is 0.00000148. The van der Waals surface area contributed by atoms with Gasteiger partial charge >= 0.3 is 0 Å². The van der Waals surface area contributed by atoms with Gasteiger partial charge in [0.15, 0.2) is 0 Å². The van der Waals surface area contributed by atoms with E-state index in [1.807, 2.05) is 49.4 Å². The molecule has 1 unspecified atom stereocenters. The fourth-order valence-corrected chi connectivity index (χ4v) is 5.20. The summed E-state index contributed by atoms with van der Waals surface area (Å²) in [7, 11) is 0. The second kappa shape index (κ2) is 16.3. The summed E-state index contributed by atoms with van der Waals surface area (Å²) in [5.41, 5.74) is 10.0. The molecule has 0 saturated carbocycles. The zero-order valence-corrected chi connectivity index (χ0v) is 25.9. The number of carbonyl (C=O) groups is 3. The molecule has 5 rings (SSSR count). The van der Waals surface area contributed by atoms with Gasteiger partial charge in [0.05, 0.1) is 13.2 Å². The smallest absolute Gasteiger partial charge is 0.255 e. The largest absolute Gasteiger partial charge is 0.489 e. The van der Waals surface area contributed by atoms with Gasteiger partial charge in [-0.1, -0.05) is 51.1 Å². The van der Waals surface area contributed by atoms with Crippen molar-refractivity contribution in [1.82, 2.24) is 10.2 Å². The maximum Gasteiger partial charge on any atom is 0.255 e. The number of anilines is 1. The van der Waals surface area contributed by atoms with Gasteiger partial charge in [0.25, 0.3) is 5.91 Å². The monoisotopic (exact) mass is 614 g/mol. The van der Waals surface area contributed by atoms with Crippen LogP contribution in [-0.4, -0.2) is 48.5 Å². The molecule has 0 aliphatic carbocycles. The van der Waals surface area contributed by atoms with Crippen molar-refractivity contribution in [3.8, 4) is 11.5 Å². The van der Waals surface area contributed by atoms with Crippen LogP contribution in [0.2, 0.25) is 0 Å². The molecule has 2 heterocycles. The first kappa shape index (κ1) is 33.1. The van der Waals surface area contributed by atoms with E-state index in [1.165, 1.54) is 11.8 Å². The molecule has 3 aromatic rings. The molecular formula is C35H42N4O6. The van der Waals surface area contributed by atoms with Crippen LogP contribution in [0, 0.1) is 0 Å². The molecule has 0 radical (unpaired) electrons. The molecular weight excluding hydrogens is 572 g/mol. The Morgan fingerprint density at radius 1 is 1.11 bits per heavy atom. The van der Waals surface area contributed by atoms with Gasteiger partial charge in [-0.3, -0.25) is 14.4 Å². The summed E-state index contributed by atoms with van der Waals surface area (Å²) in [4.78, 5) is 35.9. The van der Waals surface area contributed by atoms with E-state index in [4.69, 9.17) is 19.0 Å². The van der Waals surface area contributed by atoms with E-state index in [0.29, 0.717) is 44.9 Å². The van der Waals surface area contributed by atoms with Crippen LogP contribution in [0.5, 0.6) is 11.5 Å². The van der Waals surface area contributed by atoms with Gasteiger partial charge < -0.3 is 35.5 Å². The van der Waals surface area contributed by atoms with Gasteiger partial charge in [-0.05, 0) is 72.1 Å². The lowest BCUT2D eigenvalue weighted by Crippen LogP contribution is -2.45. The second-order valence-electron chi connectivity index (χ2n) is 10.8. The maximum atomic E-state index is 13.1. The zero-order valence-electron chi connectivity index (χ0n) is 25.9. The van der Waals surface area contributed by atoms with Gasteiger partial charge in [-0.15, -0.1) is 0 Å². The summed E-state index contributed by atoms with van der Waals surface area (Å²) in [5.74, 6) is 1.33. The van der Waals surface area contributed by atoms with Crippen molar-refractivity contribution in [1.29, 1.82) is 0 Å². The number of primary amides is 1. The number of benzene rings is 3. The van der Waals surface area contributed by atoms with Gasteiger partial charge in [-0.25, -0.2) is 0 Å². The molecule has 0 aromatic heterocycles. The molecule has 1 atom stereocenters. The minimum atomic E-state index is -0.512. The Morgan fingerprint density at radius 2 is 1.84 bits per heavy atom. The summed E-state index contributed by atoms with van der Waals surface area (Å²) in [6.07, 6.45) is 4.07. The van der Waals surface area contributed by atoms with E-state index in [-0.39, 0.29) is 24.3 Å². The Bertz CT molecular complexity index is 1470.